The normalized spacial score (nSPS) is 20.5. The van der Waals surface area contributed by atoms with Crippen molar-refractivity contribution in [2.45, 2.75) is 16.8 Å². The fourth-order valence-electron chi connectivity index (χ4n) is 1.58. The van der Waals surface area contributed by atoms with Gasteiger partial charge in [0.05, 0.1) is 3.92 Å². The van der Waals surface area contributed by atoms with Crippen LogP contribution in [0.3, 0.4) is 0 Å². The molecule has 1 amide bonds. The Bertz CT molecular complexity index is 424. The molecule has 1 aromatic rings. The Kier molecular flexibility index (Phi) is 3.30. The quantitative estimate of drug-likeness (QED) is 0.540. The van der Waals surface area contributed by atoms with Crippen molar-refractivity contribution in [3.8, 4) is 0 Å². The van der Waals surface area contributed by atoms with E-state index in [0.717, 1.165) is 0 Å². The van der Waals surface area contributed by atoms with Crippen molar-refractivity contribution in [3.63, 3.8) is 0 Å². The van der Waals surface area contributed by atoms with Crippen molar-refractivity contribution >= 4 is 50.1 Å². The smallest absolute Gasteiger partial charge is 0.237 e. The van der Waals surface area contributed by atoms with E-state index in [2.05, 4.69) is 43.8 Å². The van der Waals surface area contributed by atoms with Crippen molar-refractivity contribution in [2.75, 3.05) is 5.32 Å². The SMILES string of the molecule is O=C1Nc2cc(Br)cc(F)c2CCC1I. The van der Waals surface area contributed by atoms with Gasteiger partial charge in [-0.05, 0) is 25.0 Å². The highest BCUT2D eigenvalue weighted by molar-refractivity contribution is 14.1. The first-order valence-electron chi connectivity index (χ1n) is 4.51. The summed E-state index contributed by atoms with van der Waals surface area (Å²) in [5.74, 6) is -0.308. The predicted molar refractivity (Wildman–Crippen MR) is 68.9 cm³/mol. The molecule has 1 heterocycles. The molecule has 1 aliphatic heterocycles. The summed E-state index contributed by atoms with van der Waals surface area (Å²) in [4.78, 5) is 11.5. The molecule has 5 heteroatoms. The van der Waals surface area contributed by atoms with Crippen LogP contribution >= 0.6 is 38.5 Å². The Hall–Kier alpha value is -0.170. The molecule has 1 atom stereocenters. The Labute approximate surface area is 109 Å². The topological polar surface area (TPSA) is 29.1 Å². The van der Waals surface area contributed by atoms with Crippen molar-refractivity contribution < 1.29 is 9.18 Å². The van der Waals surface area contributed by atoms with E-state index in [-0.39, 0.29) is 15.6 Å². The van der Waals surface area contributed by atoms with Gasteiger partial charge in [0.15, 0.2) is 0 Å². The lowest BCUT2D eigenvalue weighted by Gasteiger charge is -2.08. The fraction of sp³-hybridized carbons (Fsp3) is 0.300. The van der Waals surface area contributed by atoms with E-state index in [9.17, 15) is 9.18 Å². The maximum Gasteiger partial charge on any atom is 0.237 e. The molecule has 0 bridgehead atoms. The first kappa shape index (κ1) is 11.3. The molecule has 0 aliphatic carbocycles. The molecular weight excluding hydrogens is 376 g/mol. The summed E-state index contributed by atoms with van der Waals surface area (Å²) >= 11 is 5.29. The molecule has 0 saturated heterocycles. The third-order valence-corrected chi connectivity index (χ3v) is 4.00. The minimum atomic E-state index is -0.259. The summed E-state index contributed by atoms with van der Waals surface area (Å²) < 4.78 is 14.1. The average Bonchev–Trinajstić information content (AvgIpc) is 2.27. The molecule has 1 N–H and O–H groups in total. The maximum atomic E-state index is 13.6. The summed E-state index contributed by atoms with van der Waals surface area (Å²) in [6, 6.07) is 3.17. The zero-order chi connectivity index (χ0) is 11.0. The summed E-state index contributed by atoms with van der Waals surface area (Å²) in [7, 11) is 0. The number of carbonyl (C=O) groups excluding carboxylic acids is 1. The first-order chi connectivity index (χ1) is 7.08. The van der Waals surface area contributed by atoms with E-state index in [1.807, 2.05) is 0 Å². The van der Waals surface area contributed by atoms with Crippen LogP contribution in [-0.2, 0) is 11.2 Å². The van der Waals surface area contributed by atoms with Gasteiger partial charge in [-0.2, -0.15) is 0 Å². The molecule has 1 unspecified atom stereocenters. The van der Waals surface area contributed by atoms with Crippen LogP contribution in [0.5, 0.6) is 0 Å². The highest BCUT2D eigenvalue weighted by Crippen LogP contribution is 2.30. The second-order valence-electron chi connectivity index (χ2n) is 3.41. The number of hydrogen-bond donors (Lipinski definition) is 1. The molecule has 0 saturated carbocycles. The molecule has 1 aliphatic rings. The van der Waals surface area contributed by atoms with Gasteiger partial charge in [0, 0.05) is 15.7 Å². The molecule has 2 rings (SSSR count). The van der Waals surface area contributed by atoms with Gasteiger partial charge in [-0.1, -0.05) is 38.5 Å². The van der Waals surface area contributed by atoms with Gasteiger partial charge < -0.3 is 5.32 Å². The lowest BCUT2D eigenvalue weighted by Crippen LogP contribution is -2.20. The van der Waals surface area contributed by atoms with E-state index in [1.165, 1.54) is 6.07 Å². The highest BCUT2D eigenvalue weighted by Gasteiger charge is 2.23. The number of anilines is 1. The number of nitrogens with one attached hydrogen (secondary N) is 1. The summed E-state index contributed by atoms with van der Waals surface area (Å²) in [6.07, 6.45) is 1.28. The third-order valence-electron chi connectivity index (χ3n) is 2.35. The second-order valence-corrected chi connectivity index (χ2v) is 5.83. The van der Waals surface area contributed by atoms with Crippen LogP contribution in [0.25, 0.3) is 0 Å². The first-order valence-corrected chi connectivity index (χ1v) is 6.54. The maximum absolute atomic E-state index is 13.6. The minimum Gasteiger partial charge on any atom is -0.325 e. The minimum absolute atomic E-state index is 0.0492. The van der Waals surface area contributed by atoms with Crippen LogP contribution in [0, 0.1) is 5.82 Å². The van der Waals surface area contributed by atoms with Crippen molar-refractivity contribution in [1.29, 1.82) is 0 Å². The molecule has 15 heavy (non-hydrogen) atoms. The molecule has 0 spiro atoms. The second kappa shape index (κ2) is 4.37. The van der Waals surface area contributed by atoms with Gasteiger partial charge in [0.2, 0.25) is 5.91 Å². The van der Waals surface area contributed by atoms with Crippen molar-refractivity contribution in [2.24, 2.45) is 0 Å². The van der Waals surface area contributed by atoms with E-state index in [4.69, 9.17) is 0 Å². The van der Waals surface area contributed by atoms with E-state index in [1.54, 1.807) is 6.07 Å². The van der Waals surface area contributed by atoms with E-state index in [0.29, 0.717) is 28.6 Å². The lowest BCUT2D eigenvalue weighted by molar-refractivity contribution is -0.115. The van der Waals surface area contributed by atoms with Gasteiger partial charge in [-0.3, -0.25) is 4.79 Å². The third kappa shape index (κ3) is 2.33. The van der Waals surface area contributed by atoms with Crippen LogP contribution < -0.4 is 5.32 Å². The number of benzene rings is 1. The number of carbonyl (C=O) groups is 1. The van der Waals surface area contributed by atoms with E-state index >= 15 is 0 Å². The molecule has 80 valence electrons. The average molecular weight is 384 g/mol. The number of alkyl halides is 1. The Morgan fingerprint density at radius 2 is 2.27 bits per heavy atom. The zero-order valence-electron chi connectivity index (χ0n) is 7.69. The number of rotatable bonds is 0. The standard InChI is InChI=1S/C10H8BrFINO/c11-5-3-7(12)6-1-2-8(13)10(15)14-9(6)4-5/h3-4,8H,1-2H2,(H,14,15). The lowest BCUT2D eigenvalue weighted by atomic mass is 10.1. The number of halogens is 3. The monoisotopic (exact) mass is 383 g/mol. The molecular formula is C10H8BrFINO. The number of hydrogen-bond acceptors (Lipinski definition) is 1. The van der Waals surface area contributed by atoms with Gasteiger partial charge in [-0.15, -0.1) is 0 Å². The zero-order valence-corrected chi connectivity index (χ0v) is 11.4. The molecule has 1 aromatic carbocycles. The van der Waals surface area contributed by atoms with Gasteiger partial charge >= 0.3 is 0 Å². The predicted octanol–water partition coefficient (Wildman–Crippen LogP) is 3.28. The summed E-state index contributed by atoms with van der Waals surface area (Å²) in [5.41, 5.74) is 1.19. The van der Waals surface area contributed by atoms with Crippen molar-refractivity contribution in [3.05, 3.63) is 28.0 Å². The summed E-state index contributed by atoms with van der Waals surface area (Å²) in [6.45, 7) is 0. The number of amides is 1. The van der Waals surface area contributed by atoms with Crippen LogP contribution in [0.15, 0.2) is 16.6 Å². The van der Waals surface area contributed by atoms with E-state index < -0.39 is 0 Å². The Morgan fingerprint density at radius 1 is 1.53 bits per heavy atom. The van der Waals surface area contributed by atoms with Crippen molar-refractivity contribution in [1.82, 2.24) is 0 Å². The largest absolute Gasteiger partial charge is 0.325 e. The van der Waals surface area contributed by atoms with Crippen LogP contribution in [0.2, 0.25) is 0 Å². The molecule has 0 radical (unpaired) electrons. The van der Waals surface area contributed by atoms with Gasteiger partial charge in [-0.25, -0.2) is 4.39 Å². The van der Waals surface area contributed by atoms with Gasteiger partial charge in [0.25, 0.3) is 0 Å². The number of fused-ring (bicyclic) bond motifs is 1. The highest BCUT2D eigenvalue weighted by atomic mass is 127. The summed E-state index contributed by atoms with van der Waals surface area (Å²) in [5, 5.41) is 2.74. The van der Waals surface area contributed by atoms with Crippen LogP contribution in [0.1, 0.15) is 12.0 Å². The van der Waals surface area contributed by atoms with Crippen LogP contribution in [-0.4, -0.2) is 9.83 Å². The Balaban J connectivity index is 2.47. The van der Waals surface area contributed by atoms with Gasteiger partial charge in [0.1, 0.15) is 5.82 Å². The Morgan fingerprint density at radius 3 is 3.00 bits per heavy atom. The fourth-order valence-corrected chi connectivity index (χ4v) is 2.48. The van der Waals surface area contributed by atoms with Crippen LogP contribution in [0.4, 0.5) is 10.1 Å². The molecule has 0 fully saturated rings. The molecule has 0 aromatic heterocycles. The molecule has 2 nitrogen and oxygen atoms in total.